The number of hydrogen-bond donors (Lipinski definition) is 2. The van der Waals surface area contributed by atoms with Crippen LogP contribution in [-0.2, 0) is 0 Å². The first-order valence-corrected chi connectivity index (χ1v) is 6.03. The summed E-state index contributed by atoms with van der Waals surface area (Å²) in [5.41, 5.74) is 6.04. The van der Waals surface area contributed by atoms with Crippen LogP contribution < -0.4 is 11.1 Å². The minimum Gasteiger partial charge on any atom is -0.368 e. The second kappa shape index (κ2) is 5.47. The van der Waals surface area contributed by atoms with Crippen LogP contribution in [0.2, 0.25) is 0 Å². The smallest absolute Gasteiger partial charge is 0.126 e. The van der Waals surface area contributed by atoms with Gasteiger partial charge in [-0.1, -0.05) is 13.8 Å². The van der Waals surface area contributed by atoms with E-state index in [4.69, 9.17) is 5.73 Å². The van der Waals surface area contributed by atoms with E-state index in [0.29, 0.717) is 0 Å². The van der Waals surface area contributed by atoms with E-state index in [-0.39, 0.29) is 5.54 Å². The summed E-state index contributed by atoms with van der Waals surface area (Å²) in [7, 11) is 0. The second-order valence-corrected chi connectivity index (χ2v) is 4.70. The van der Waals surface area contributed by atoms with Crippen molar-refractivity contribution in [2.45, 2.75) is 32.2 Å². The van der Waals surface area contributed by atoms with Crippen LogP contribution in [0.3, 0.4) is 0 Å². The molecule has 0 amide bonds. The molecule has 4 heteroatoms. The topological polar surface area (TPSA) is 50.9 Å². The van der Waals surface area contributed by atoms with Crippen LogP contribution in [0.15, 0.2) is 22.8 Å². The quantitative estimate of drug-likeness (QED) is 0.866. The van der Waals surface area contributed by atoms with Gasteiger partial charge < -0.3 is 11.1 Å². The third-order valence-corrected chi connectivity index (χ3v) is 3.23. The lowest BCUT2D eigenvalue weighted by molar-refractivity contribution is 0.418. The van der Waals surface area contributed by atoms with Crippen molar-refractivity contribution in [2.24, 2.45) is 5.73 Å². The van der Waals surface area contributed by atoms with Gasteiger partial charge in [0.25, 0.3) is 0 Å². The van der Waals surface area contributed by atoms with Crippen LogP contribution in [0.4, 0.5) is 5.82 Å². The largest absolute Gasteiger partial charge is 0.368 e. The molecular weight excluding hydrogens is 254 g/mol. The van der Waals surface area contributed by atoms with Gasteiger partial charge >= 0.3 is 0 Å². The van der Waals surface area contributed by atoms with Crippen molar-refractivity contribution >= 4 is 21.7 Å². The number of aromatic nitrogens is 1. The maximum atomic E-state index is 6.17. The molecule has 0 aromatic carbocycles. The van der Waals surface area contributed by atoms with Crippen molar-refractivity contribution in [3.05, 3.63) is 22.8 Å². The van der Waals surface area contributed by atoms with E-state index in [2.05, 4.69) is 40.1 Å². The van der Waals surface area contributed by atoms with Gasteiger partial charge in [-0.2, -0.15) is 0 Å². The minimum absolute atomic E-state index is 0.130. The lowest BCUT2D eigenvalue weighted by Gasteiger charge is -2.27. The SMILES string of the molecule is CCC(N)(CC)CNc1ccc(Br)cn1. The lowest BCUT2D eigenvalue weighted by atomic mass is 9.94. The van der Waals surface area contributed by atoms with E-state index in [9.17, 15) is 0 Å². The predicted octanol–water partition coefficient (Wildman–Crippen LogP) is 2.77. The zero-order chi connectivity index (χ0) is 11.3. The fourth-order valence-corrected chi connectivity index (χ4v) is 1.48. The summed E-state index contributed by atoms with van der Waals surface area (Å²) in [6.45, 7) is 4.98. The number of nitrogens with two attached hydrogens (primary N) is 1. The molecule has 0 bridgehead atoms. The van der Waals surface area contributed by atoms with Crippen LogP contribution >= 0.6 is 15.9 Å². The molecule has 0 unspecified atom stereocenters. The molecule has 84 valence electrons. The Morgan fingerprint density at radius 3 is 2.53 bits per heavy atom. The number of rotatable bonds is 5. The van der Waals surface area contributed by atoms with Crippen molar-refractivity contribution in [2.75, 3.05) is 11.9 Å². The molecule has 0 saturated carbocycles. The van der Waals surface area contributed by atoms with Crippen molar-refractivity contribution in [1.82, 2.24) is 4.98 Å². The van der Waals surface area contributed by atoms with Crippen LogP contribution in [0.25, 0.3) is 0 Å². The lowest BCUT2D eigenvalue weighted by Crippen LogP contribution is -2.45. The molecule has 0 spiro atoms. The van der Waals surface area contributed by atoms with Crippen LogP contribution in [0, 0.1) is 0 Å². The van der Waals surface area contributed by atoms with Gasteiger partial charge in [0.2, 0.25) is 0 Å². The summed E-state index contributed by atoms with van der Waals surface area (Å²) in [5, 5.41) is 3.26. The van der Waals surface area contributed by atoms with E-state index >= 15 is 0 Å². The summed E-state index contributed by atoms with van der Waals surface area (Å²) >= 11 is 3.35. The summed E-state index contributed by atoms with van der Waals surface area (Å²) in [4.78, 5) is 4.24. The van der Waals surface area contributed by atoms with Crippen molar-refractivity contribution in [1.29, 1.82) is 0 Å². The third kappa shape index (κ3) is 3.80. The zero-order valence-corrected chi connectivity index (χ0v) is 10.8. The Balaban J connectivity index is 2.53. The number of nitrogens with zero attached hydrogens (tertiary/aromatic N) is 1. The molecule has 0 radical (unpaired) electrons. The Kier molecular flexibility index (Phi) is 4.54. The highest BCUT2D eigenvalue weighted by Gasteiger charge is 2.19. The predicted molar refractivity (Wildman–Crippen MR) is 67.9 cm³/mol. The Hall–Kier alpha value is -0.610. The first kappa shape index (κ1) is 12.5. The first-order chi connectivity index (χ1) is 7.09. The second-order valence-electron chi connectivity index (χ2n) is 3.78. The Labute approximate surface area is 99.6 Å². The Morgan fingerprint density at radius 2 is 2.07 bits per heavy atom. The van der Waals surface area contributed by atoms with Crippen LogP contribution in [0.1, 0.15) is 26.7 Å². The number of halogens is 1. The normalized spacial score (nSPS) is 11.5. The van der Waals surface area contributed by atoms with Gasteiger partial charge in [-0.15, -0.1) is 0 Å². The molecule has 3 nitrogen and oxygen atoms in total. The van der Waals surface area contributed by atoms with Gasteiger partial charge in [-0.25, -0.2) is 4.98 Å². The Morgan fingerprint density at radius 1 is 1.40 bits per heavy atom. The minimum atomic E-state index is -0.130. The zero-order valence-electron chi connectivity index (χ0n) is 9.26. The van der Waals surface area contributed by atoms with Crippen LogP contribution in [0.5, 0.6) is 0 Å². The van der Waals surface area contributed by atoms with Crippen molar-refractivity contribution in [3.8, 4) is 0 Å². The van der Waals surface area contributed by atoms with Crippen molar-refractivity contribution < 1.29 is 0 Å². The average Bonchev–Trinajstić information content (AvgIpc) is 2.28. The fourth-order valence-electron chi connectivity index (χ4n) is 1.25. The van der Waals surface area contributed by atoms with E-state index < -0.39 is 0 Å². The maximum Gasteiger partial charge on any atom is 0.126 e. The molecule has 1 aromatic rings. The van der Waals surface area contributed by atoms with Gasteiger partial charge in [0.1, 0.15) is 5.82 Å². The number of nitrogens with one attached hydrogen (secondary N) is 1. The highest BCUT2D eigenvalue weighted by molar-refractivity contribution is 9.10. The molecule has 0 atom stereocenters. The van der Waals surface area contributed by atoms with Crippen LogP contribution in [-0.4, -0.2) is 17.1 Å². The van der Waals surface area contributed by atoms with Crippen molar-refractivity contribution in [3.63, 3.8) is 0 Å². The number of pyridine rings is 1. The number of hydrogen-bond acceptors (Lipinski definition) is 3. The highest BCUT2D eigenvalue weighted by atomic mass is 79.9. The molecule has 3 N–H and O–H groups in total. The molecule has 0 aliphatic heterocycles. The highest BCUT2D eigenvalue weighted by Crippen LogP contribution is 2.14. The van der Waals surface area contributed by atoms with Gasteiger partial charge in [-0.3, -0.25) is 0 Å². The molecule has 1 aromatic heterocycles. The molecule has 0 aliphatic carbocycles. The molecule has 0 saturated heterocycles. The monoisotopic (exact) mass is 271 g/mol. The van der Waals surface area contributed by atoms with E-state index in [1.54, 1.807) is 6.20 Å². The van der Waals surface area contributed by atoms with Gasteiger partial charge in [0.05, 0.1) is 0 Å². The molecule has 1 heterocycles. The van der Waals surface area contributed by atoms with Gasteiger partial charge in [-0.05, 0) is 40.9 Å². The molecule has 0 fully saturated rings. The summed E-state index contributed by atoms with van der Waals surface area (Å²) in [6.07, 6.45) is 3.71. The van der Waals surface area contributed by atoms with E-state index in [1.807, 2.05) is 12.1 Å². The van der Waals surface area contributed by atoms with E-state index in [1.165, 1.54) is 0 Å². The summed E-state index contributed by atoms with van der Waals surface area (Å²) in [6, 6.07) is 3.90. The molecule has 15 heavy (non-hydrogen) atoms. The maximum absolute atomic E-state index is 6.17. The summed E-state index contributed by atoms with van der Waals surface area (Å²) in [5.74, 6) is 0.870. The molecule has 0 aliphatic rings. The van der Waals surface area contributed by atoms with E-state index in [0.717, 1.165) is 29.7 Å². The van der Waals surface area contributed by atoms with Gasteiger partial charge in [0, 0.05) is 22.8 Å². The first-order valence-electron chi connectivity index (χ1n) is 5.24. The summed E-state index contributed by atoms with van der Waals surface area (Å²) < 4.78 is 0.984. The Bertz CT molecular complexity index is 293. The van der Waals surface area contributed by atoms with Gasteiger partial charge in [0.15, 0.2) is 0 Å². The standard InChI is InChI=1S/C11H18BrN3/c1-3-11(13,4-2)8-15-10-6-5-9(12)7-14-10/h5-7H,3-4,8,13H2,1-2H3,(H,14,15). The third-order valence-electron chi connectivity index (χ3n) is 2.76. The molecular formula is C11H18BrN3. The fraction of sp³-hybridized carbons (Fsp3) is 0.545. The average molecular weight is 272 g/mol. The number of anilines is 1. The molecule has 1 rings (SSSR count).